The number of nitrogens with one attached hydrogen (secondary N) is 2. The summed E-state index contributed by atoms with van der Waals surface area (Å²) in [5.41, 5.74) is 3.32. The molecule has 3 N–H and O–H groups in total. The summed E-state index contributed by atoms with van der Waals surface area (Å²) < 4.78 is 17.4. The first-order valence-corrected chi connectivity index (χ1v) is 12.5. The van der Waals surface area contributed by atoms with E-state index in [2.05, 4.69) is 10.6 Å². The lowest BCUT2D eigenvalue weighted by Gasteiger charge is -2.38. The van der Waals surface area contributed by atoms with Crippen molar-refractivity contribution in [3.8, 4) is 22.6 Å². The number of ether oxygens (including phenoxy) is 3. The minimum Gasteiger partial charge on any atom is -0.478 e. The Kier molecular flexibility index (Phi) is 8.28. The molecule has 0 unspecified atom stereocenters. The van der Waals surface area contributed by atoms with Crippen LogP contribution in [0.3, 0.4) is 0 Å². The van der Waals surface area contributed by atoms with E-state index < -0.39 is 12.1 Å². The number of fused-ring (bicyclic) bond motifs is 1. The van der Waals surface area contributed by atoms with Crippen LogP contribution in [0.2, 0.25) is 0 Å². The number of carbonyl (C=O) groups excluding carboxylic acids is 1. The highest BCUT2D eigenvalue weighted by atomic mass is 16.7. The molecule has 0 spiro atoms. The maximum absolute atomic E-state index is 12.0. The Bertz CT molecular complexity index is 1110. The van der Waals surface area contributed by atoms with Gasteiger partial charge in [-0.3, -0.25) is 4.79 Å². The van der Waals surface area contributed by atoms with Crippen molar-refractivity contribution >= 4 is 11.9 Å². The molecule has 2 aliphatic rings. The van der Waals surface area contributed by atoms with Crippen LogP contribution in [0.4, 0.5) is 0 Å². The topological polar surface area (TPSA) is 106 Å². The van der Waals surface area contributed by atoms with Gasteiger partial charge in [0.25, 0.3) is 0 Å². The van der Waals surface area contributed by atoms with Gasteiger partial charge >= 0.3 is 5.97 Å². The van der Waals surface area contributed by atoms with Crippen molar-refractivity contribution in [2.45, 2.75) is 70.9 Å². The van der Waals surface area contributed by atoms with Crippen molar-refractivity contribution in [2.24, 2.45) is 0 Å². The third-order valence-electron chi connectivity index (χ3n) is 6.73. The number of carbonyl (C=O) groups is 2. The van der Waals surface area contributed by atoms with Crippen LogP contribution in [0.5, 0.6) is 11.5 Å². The molecule has 1 aliphatic heterocycles. The highest BCUT2D eigenvalue weighted by molar-refractivity contribution is 5.87. The van der Waals surface area contributed by atoms with Crippen molar-refractivity contribution < 1.29 is 28.9 Å². The molecule has 1 heterocycles. The van der Waals surface area contributed by atoms with Crippen LogP contribution in [0.25, 0.3) is 11.1 Å². The van der Waals surface area contributed by atoms with Crippen molar-refractivity contribution in [1.82, 2.24) is 10.6 Å². The van der Waals surface area contributed by atoms with Gasteiger partial charge in [0.15, 0.2) is 11.5 Å². The molecule has 3 atom stereocenters. The summed E-state index contributed by atoms with van der Waals surface area (Å²) in [7, 11) is 0. The standard InChI is InChI=1S/C28H34N2O6/c1-4-21(5-2)36-25-14-20(28(32)33)13-23(26(25)30-17(3)31)29-15-18-9-11-19(12-10-18)22-7-6-8-24-27(22)35-16-34-24/h6-12,14,21,23,25-26,29H,4-5,13,15-16H2,1-3H3,(H,30,31)(H,32,33)/t23-,25+,26+/m0/s1. The highest BCUT2D eigenvalue weighted by Crippen LogP contribution is 2.41. The Morgan fingerprint density at radius 3 is 2.53 bits per heavy atom. The second kappa shape index (κ2) is 11.6. The summed E-state index contributed by atoms with van der Waals surface area (Å²) in [6.45, 7) is 6.27. The number of amides is 1. The van der Waals surface area contributed by atoms with E-state index in [9.17, 15) is 14.7 Å². The molecule has 0 saturated carbocycles. The number of carboxylic acids is 1. The molecule has 8 nitrogen and oxygen atoms in total. The highest BCUT2D eigenvalue weighted by Gasteiger charge is 2.37. The van der Waals surface area contributed by atoms with Gasteiger partial charge in [-0.15, -0.1) is 0 Å². The third-order valence-corrected chi connectivity index (χ3v) is 6.73. The van der Waals surface area contributed by atoms with Crippen LogP contribution < -0.4 is 20.1 Å². The Morgan fingerprint density at radius 2 is 1.86 bits per heavy atom. The van der Waals surface area contributed by atoms with Gasteiger partial charge in [-0.25, -0.2) is 4.79 Å². The van der Waals surface area contributed by atoms with Crippen LogP contribution in [0.1, 0.15) is 45.6 Å². The second-order valence-corrected chi connectivity index (χ2v) is 9.19. The number of hydrogen-bond donors (Lipinski definition) is 3. The normalized spacial score (nSPS) is 20.8. The van der Waals surface area contributed by atoms with Gasteiger partial charge in [-0.05, 0) is 42.5 Å². The Morgan fingerprint density at radius 1 is 1.11 bits per heavy atom. The van der Waals surface area contributed by atoms with Gasteiger partial charge in [0, 0.05) is 30.6 Å². The zero-order chi connectivity index (χ0) is 25.7. The van der Waals surface area contributed by atoms with Crippen LogP contribution in [0.15, 0.2) is 54.1 Å². The molecule has 2 aromatic carbocycles. The first-order valence-electron chi connectivity index (χ1n) is 12.5. The predicted molar refractivity (Wildman–Crippen MR) is 136 cm³/mol. The molecule has 0 fully saturated rings. The average molecular weight is 495 g/mol. The lowest BCUT2D eigenvalue weighted by atomic mass is 9.87. The Balaban J connectivity index is 1.50. The summed E-state index contributed by atoms with van der Waals surface area (Å²) in [5.74, 6) is 0.349. The maximum atomic E-state index is 12.0. The van der Waals surface area contributed by atoms with Gasteiger partial charge in [0.2, 0.25) is 12.7 Å². The number of rotatable bonds is 10. The first-order chi connectivity index (χ1) is 17.4. The average Bonchev–Trinajstić information content (AvgIpc) is 3.36. The molecule has 192 valence electrons. The molecule has 8 heteroatoms. The molecule has 36 heavy (non-hydrogen) atoms. The van der Waals surface area contributed by atoms with Crippen LogP contribution in [-0.4, -0.2) is 48.1 Å². The number of para-hydroxylation sites is 1. The third kappa shape index (κ3) is 5.88. The molecule has 1 aliphatic carbocycles. The Hall–Kier alpha value is -3.36. The van der Waals surface area contributed by atoms with E-state index >= 15 is 0 Å². The lowest BCUT2D eigenvalue weighted by Crippen LogP contribution is -2.58. The molecular formula is C28H34N2O6. The van der Waals surface area contributed by atoms with Crippen molar-refractivity contribution in [3.63, 3.8) is 0 Å². The summed E-state index contributed by atoms with van der Waals surface area (Å²) >= 11 is 0. The minimum absolute atomic E-state index is 0.0161. The smallest absolute Gasteiger partial charge is 0.331 e. The van der Waals surface area contributed by atoms with Crippen LogP contribution >= 0.6 is 0 Å². The van der Waals surface area contributed by atoms with E-state index in [1.807, 2.05) is 56.3 Å². The molecule has 0 aromatic heterocycles. The predicted octanol–water partition coefficient (Wildman–Crippen LogP) is 4.03. The lowest BCUT2D eigenvalue weighted by molar-refractivity contribution is -0.133. The van der Waals surface area contributed by atoms with Crippen molar-refractivity contribution in [1.29, 1.82) is 0 Å². The fourth-order valence-corrected chi connectivity index (χ4v) is 4.77. The van der Waals surface area contributed by atoms with Crippen LogP contribution in [0, 0.1) is 0 Å². The van der Waals surface area contributed by atoms with E-state index in [0.29, 0.717) is 12.1 Å². The van der Waals surface area contributed by atoms with E-state index in [1.54, 1.807) is 6.08 Å². The van der Waals surface area contributed by atoms with Gasteiger partial charge in [-0.1, -0.05) is 50.2 Å². The maximum Gasteiger partial charge on any atom is 0.331 e. The van der Waals surface area contributed by atoms with Gasteiger partial charge in [-0.2, -0.15) is 0 Å². The van der Waals surface area contributed by atoms with Crippen molar-refractivity contribution in [3.05, 3.63) is 59.7 Å². The molecule has 0 bridgehead atoms. The largest absolute Gasteiger partial charge is 0.478 e. The van der Waals surface area contributed by atoms with E-state index in [4.69, 9.17) is 14.2 Å². The molecule has 0 radical (unpaired) electrons. The summed E-state index contributed by atoms with van der Waals surface area (Å²) in [6, 6.07) is 13.3. The molecule has 2 aromatic rings. The van der Waals surface area contributed by atoms with Crippen LogP contribution in [-0.2, 0) is 20.9 Å². The minimum atomic E-state index is -0.966. The van der Waals surface area contributed by atoms with E-state index in [1.165, 1.54) is 6.92 Å². The summed E-state index contributed by atoms with van der Waals surface area (Å²) in [5, 5.41) is 16.2. The summed E-state index contributed by atoms with van der Waals surface area (Å²) in [6.07, 6.45) is 3.01. The Labute approximate surface area is 211 Å². The number of hydrogen-bond acceptors (Lipinski definition) is 6. The van der Waals surface area contributed by atoms with Gasteiger partial charge in [0.05, 0.1) is 18.2 Å². The number of carboxylic acid groups (broad SMARTS) is 1. The quantitative estimate of drug-likeness (QED) is 0.458. The van der Waals surface area contributed by atoms with Gasteiger partial charge in [0.1, 0.15) is 0 Å². The van der Waals surface area contributed by atoms with E-state index in [0.717, 1.165) is 41.0 Å². The molecule has 0 saturated heterocycles. The number of aliphatic carboxylic acids is 1. The monoisotopic (exact) mass is 494 g/mol. The van der Waals surface area contributed by atoms with Gasteiger partial charge < -0.3 is 30.0 Å². The first kappa shape index (κ1) is 25.7. The number of benzene rings is 2. The fourth-order valence-electron chi connectivity index (χ4n) is 4.77. The van der Waals surface area contributed by atoms with Crippen molar-refractivity contribution in [2.75, 3.05) is 6.79 Å². The molecule has 4 rings (SSSR count). The van der Waals surface area contributed by atoms with E-state index in [-0.39, 0.29) is 37.3 Å². The molecular weight excluding hydrogens is 460 g/mol. The molecule has 1 amide bonds. The SMILES string of the molecule is CCC(CC)O[C@@H]1C=C(C(=O)O)C[C@H](NCc2ccc(-c3cccc4c3OCO4)cc2)[C@H]1NC(C)=O. The second-order valence-electron chi connectivity index (χ2n) is 9.19. The fraction of sp³-hybridized carbons (Fsp3) is 0.429. The zero-order valence-corrected chi connectivity index (χ0v) is 21.0. The zero-order valence-electron chi connectivity index (χ0n) is 21.0. The summed E-state index contributed by atoms with van der Waals surface area (Å²) in [4.78, 5) is 23.9.